The minimum atomic E-state index is -1.97. The summed E-state index contributed by atoms with van der Waals surface area (Å²) >= 11 is 0. The molecule has 0 aromatic heterocycles. The first-order valence-corrected chi connectivity index (χ1v) is 9.99. The van der Waals surface area contributed by atoms with Gasteiger partial charge in [-0.3, -0.25) is 9.59 Å². The Kier molecular flexibility index (Phi) is 3.29. The highest BCUT2D eigenvalue weighted by Crippen LogP contribution is 2.76. The number of carbonyl (C=O) groups is 2. The molecule has 3 saturated carbocycles. The van der Waals surface area contributed by atoms with E-state index in [9.17, 15) is 24.9 Å². The van der Waals surface area contributed by atoms with Crippen molar-refractivity contribution in [3.63, 3.8) is 0 Å². The molecule has 0 unspecified atom stereocenters. The second-order valence-electron chi connectivity index (χ2n) is 10.1. The molecule has 7 nitrogen and oxygen atoms in total. The third-order valence-corrected chi connectivity index (χ3v) is 8.83. The number of hydrogen-bond acceptors (Lipinski definition) is 7. The smallest absolute Gasteiger partial charge is 0.321 e. The molecule has 4 bridgehead atoms. The first-order valence-electron chi connectivity index (χ1n) is 9.99. The molecule has 3 N–H and O–H groups in total. The maximum Gasteiger partial charge on any atom is 0.321 e. The van der Waals surface area contributed by atoms with Gasteiger partial charge in [0.15, 0.2) is 11.5 Å². The SMILES string of the molecule is CC(=O)[C@H]1CC[C@@H]2[C@]34CO[C@@]5(O)[C@H](OC(=O)[C@@]25[C@H]1O)[C@H]3C(C)(C)CC[C@H]4O. The van der Waals surface area contributed by atoms with E-state index in [1.807, 2.05) is 0 Å². The normalized spacial score (nSPS) is 57.6. The molecule has 3 heterocycles. The van der Waals surface area contributed by atoms with E-state index in [-0.39, 0.29) is 23.7 Å². The Morgan fingerprint density at radius 1 is 1.19 bits per heavy atom. The third-order valence-electron chi connectivity index (χ3n) is 8.83. The van der Waals surface area contributed by atoms with Crippen LogP contribution >= 0.6 is 0 Å². The molecule has 3 saturated heterocycles. The number of rotatable bonds is 1. The van der Waals surface area contributed by atoms with E-state index in [0.29, 0.717) is 19.3 Å². The second-order valence-corrected chi connectivity index (χ2v) is 10.1. The molecule has 0 amide bonds. The van der Waals surface area contributed by atoms with Crippen LogP contribution in [0.5, 0.6) is 0 Å². The molecule has 150 valence electrons. The number of aliphatic hydroxyl groups excluding tert-OH is 2. The Labute approximate surface area is 158 Å². The van der Waals surface area contributed by atoms with Crippen LogP contribution in [0.4, 0.5) is 0 Å². The number of ketones is 1. The summed E-state index contributed by atoms with van der Waals surface area (Å²) in [5, 5.41) is 34.1. The fourth-order valence-corrected chi connectivity index (χ4v) is 7.80. The lowest BCUT2D eigenvalue weighted by Gasteiger charge is -2.72. The lowest BCUT2D eigenvalue weighted by molar-refractivity contribution is -0.435. The monoisotopic (exact) mass is 380 g/mol. The molecule has 9 atom stereocenters. The van der Waals surface area contributed by atoms with Crippen LogP contribution in [-0.4, -0.2) is 57.8 Å². The molecule has 6 aliphatic rings. The first kappa shape index (κ1) is 18.0. The van der Waals surface area contributed by atoms with E-state index in [1.54, 1.807) is 0 Å². The van der Waals surface area contributed by atoms with Crippen LogP contribution in [0.25, 0.3) is 0 Å². The fraction of sp³-hybridized carbons (Fsp3) is 0.900. The minimum Gasteiger partial charge on any atom is -0.456 e. The number of esters is 1. The van der Waals surface area contributed by atoms with Crippen LogP contribution < -0.4 is 0 Å². The van der Waals surface area contributed by atoms with Crippen molar-refractivity contribution in [1.29, 1.82) is 0 Å². The van der Waals surface area contributed by atoms with Gasteiger partial charge in [-0.25, -0.2) is 0 Å². The van der Waals surface area contributed by atoms with Gasteiger partial charge in [-0.05, 0) is 43.9 Å². The van der Waals surface area contributed by atoms with E-state index in [2.05, 4.69) is 13.8 Å². The Bertz CT molecular complexity index is 734. The highest BCUT2D eigenvalue weighted by atomic mass is 16.7. The van der Waals surface area contributed by atoms with Crippen LogP contribution in [0.1, 0.15) is 46.5 Å². The van der Waals surface area contributed by atoms with Crippen molar-refractivity contribution in [3.05, 3.63) is 0 Å². The van der Waals surface area contributed by atoms with Crippen LogP contribution in [-0.2, 0) is 19.1 Å². The molecule has 2 spiro atoms. The summed E-state index contributed by atoms with van der Waals surface area (Å²) < 4.78 is 11.6. The molecule has 0 aromatic rings. The summed E-state index contributed by atoms with van der Waals surface area (Å²) in [6.07, 6.45) is -0.805. The van der Waals surface area contributed by atoms with Gasteiger partial charge in [0.2, 0.25) is 5.79 Å². The van der Waals surface area contributed by atoms with Crippen LogP contribution in [0, 0.1) is 34.0 Å². The quantitative estimate of drug-likeness (QED) is 0.564. The van der Waals surface area contributed by atoms with Gasteiger partial charge in [-0.15, -0.1) is 0 Å². The minimum absolute atomic E-state index is 0.135. The summed E-state index contributed by atoms with van der Waals surface area (Å²) in [6.45, 7) is 5.70. The number of ether oxygens (including phenoxy) is 2. The van der Waals surface area contributed by atoms with Gasteiger partial charge < -0.3 is 24.8 Å². The number of hydrogen-bond donors (Lipinski definition) is 3. The standard InChI is InChI=1S/C20H28O7/c1-9(21)10-4-5-11-18-8-26-20(25)15(27-16(24)19(11,20)14(10)23)13(18)17(2,3)7-6-12(18)22/h10-15,22-23,25H,4-8H2,1-3H3/t10-,11-,12-,13+,14+,15-,18+,19+,20+/m1/s1. The molecule has 27 heavy (non-hydrogen) atoms. The van der Waals surface area contributed by atoms with E-state index in [1.165, 1.54) is 6.92 Å². The first-order chi connectivity index (χ1) is 12.5. The molecule has 0 aromatic carbocycles. The largest absolute Gasteiger partial charge is 0.456 e. The van der Waals surface area contributed by atoms with E-state index < -0.39 is 52.7 Å². The van der Waals surface area contributed by atoms with Crippen molar-refractivity contribution in [3.8, 4) is 0 Å². The lowest BCUT2D eigenvalue weighted by atomic mass is 9.35. The molecular weight excluding hydrogens is 352 g/mol. The zero-order valence-electron chi connectivity index (χ0n) is 16.0. The maximum atomic E-state index is 13.2. The number of carbonyl (C=O) groups excluding carboxylic acids is 2. The highest BCUT2D eigenvalue weighted by molar-refractivity contribution is 5.87. The predicted octanol–water partition coefficient (Wildman–Crippen LogP) is 0.390. The van der Waals surface area contributed by atoms with Gasteiger partial charge in [-0.2, -0.15) is 0 Å². The second kappa shape index (κ2) is 4.93. The van der Waals surface area contributed by atoms with Crippen molar-refractivity contribution in [1.82, 2.24) is 0 Å². The van der Waals surface area contributed by atoms with Gasteiger partial charge in [-0.1, -0.05) is 13.8 Å². The summed E-state index contributed by atoms with van der Waals surface area (Å²) in [5.41, 5.74) is -2.75. The lowest BCUT2D eigenvalue weighted by Crippen LogP contribution is -2.83. The molecule has 6 fully saturated rings. The third kappa shape index (κ3) is 1.63. The molecular formula is C20H28O7. The number of aliphatic hydroxyl groups is 3. The van der Waals surface area contributed by atoms with Crippen molar-refractivity contribution < 1.29 is 34.4 Å². The molecule has 3 aliphatic carbocycles. The van der Waals surface area contributed by atoms with E-state index >= 15 is 0 Å². The zero-order valence-corrected chi connectivity index (χ0v) is 16.0. The predicted molar refractivity (Wildman–Crippen MR) is 91.1 cm³/mol. The average Bonchev–Trinajstić information content (AvgIpc) is 2.75. The summed E-state index contributed by atoms with van der Waals surface area (Å²) in [4.78, 5) is 25.4. The maximum absolute atomic E-state index is 13.2. The van der Waals surface area contributed by atoms with Crippen LogP contribution in [0.3, 0.4) is 0 Å². The van der Waals surface area contributed by atoms with Gasteiger partial charge in [0, 0.05) is 17.3 Å². The van der Waals surface area contributed by atoms with Crippen molar-refractivity contribution in [2.75, 3.05) is 6.61 Å². The average molecular weight is 380 g/mol. The highest BCUT2D eigenvalue weighted by Gasteiger charge is 2.89. The van der Waals surface area contributed by atoms with E-state index in [4.69, 9.17) is 9.47 Å². The molecule has 7 heteroatoms. The fourth-order valence-electron chi connectivity index (χ4n) is 7.80. The van der Waals surface area contributed by atoms with Crippen molar-refractivity contribution >= 4 is 11.8 Å². The topological polar surface area (TPSA) is 113 Å². The van der Waals surface area contributed by atoms with Gasteiger partial charge in [0.05, 0.1) is 18.8 Å². The van der Waals surface area contributed by atoms with Crippen LogP contribution in [0.2, 0.25) is 0 Å². The Hall–Kier alpha value is -1.02. The Morgan fingerprint density at radius 2 is 1.89 bits per heavy atom. The number of Topliss-reactive ketones (excluding diaryl/α,β-unsaturated/α-hetero) is 1. The Morgan fingerprint density at radius 3 is 2.56 bits per heavy atom. The van der Waals surface area contributed by atoms with Gasteiger partial charge >= 0.3 is 5.97 Å². The zero-order chi connectivity index (χ0) is 19.6. The van der Waals surface area contributed by atoms with Crippen molar-refractivity contribution in [2.24, 2.45) is 34.0 Å². The molecule has 0 radical (unpaired) electrons. The molecule has 6 rings (SSSR count). The van der Waals surface area contributed by atoms with Gasteiger partial charge in [0.1, 0.15) is 5.78 Å². The summed E-state index contributed by atoms with van der Waals surface area (Å²) in [7, 11) is 0. The molecule has 3 aliphatic heterocycles. The van der Waals surface area contributed by atoms with Crippen molar-refractivity contribution in [2.45, 2.75) is 70.6 Å². The summed E-state index contributed by atoms with van der Waals surface area (Å²) in [6, 6.07) is 0. The summed E-state index contributed by atoms with van der Waals surface area (Å²) in [5.74, 6) is -4.37. The van der Waals surface area contributed by atoms with E-state index in [0.717, 1.165) is 6.42 Å². The Balaban J connectivity index is 1.77. The van der Waals surface area contributed by atoms with Crippen LogP contribution in [0.15, 0.2) is 0 Å². The van der Waals surface area contributed by atoms with Gasteiger partial charge in [0.25, 0.3) is 0 Å². The number of fused-ring (bicyclic) bond motifs is 1.